The predicted molar refractivity (Wildman–Crippen MR) is 97.0 cm³/mol. The highest BCUT2D eigenvalue weighted by atomic mass is 16.5. The number of carboxylic acids is 1. The number of rotatable bonds is 2. The maximum atomic E-state index is 10.8. The molecule has 1 heterocycles. The molecule has 0 fully saturated rings. The second-order valence-electron chi connectivity index (χ2n) is 4.24. The van der Waals surface area contributed by atoms with E-state index in [1.54, 1.807) is 18.2 Å². The summed E-state index contributed by atoms with van der Waals surface area (Å²) in [7, 11) is 0. The lowest BCUT2D eigenvalue weighted by Gasteiger charge is -1.95. The zero-order valence-electron chi connectivity index (χ0n) is 15.0. The average molecular weight is 344 g/mol. The van der Waals surface area contributed by atoms with Gasteiger partial charge >= 0.3 is 11.9 Å². The molecule has 0 saturated heterocycles. The van der Waals surface area contributed by atoms with Gasteiger partial charge in [0.15, 0.2) is 6.29 Å². The zero-order valence-corrected chi connectivity index (χ0v) is 15.0. The molecule has 5 nitrogen and oxygen atoms in total. The number of hydrogen-bond donors (Lipinski definition) is 1. The van der Waals surface area contributed by atoms with Crippen molar-refractivity contribution < 1.29 is 24.2 Å². The number of ether oxygens (including phenoxy) is 1. The van der Waals surface area contributed by atoms with Crippen molar-refractivity contribution in [1.29, 1.82) is 0 Å². The zero-order chi connectivity index (χ0) is 19.2. The van der Waals surface area contributed by atoms with E-state index < -0.39 is 5.97 Å². The van der Waals surface area contributed by atoms with Crippen LogP contribution in [0, 0.1) is 0 Å². The molecule has 1 aliphatic rings. The van der Waals surface area contributed by atoms with E-state index in [1.807, 2.05) is 45.9 Å². The molecule has 1 aliphatic heterocycles. The fourth-order valence-corrected chi connectivity index (χ4v) is 1.86. The van der Waals surface area contributed by atoms with E-state index in [9.17, 15) is 14.4 Å². The van der Waals surface area contributed by atoms with Gasteiger partial charge in [0.1, 0.15) is 6.61 Å². The summed E-state index contributed by atoms with van der Waals surface area (Å²) in [5, 5.41) is 8.54. The van der Waals surface area contributed by atoms with Gasteiger partial charge in [-0.3, -0.25) is 4.79 Å². The van der Waals surface area contributed by atoms with Crippen LogP contribution in [0.2, 0.25) is 0 Å². The van der Waals surface area contributed by atoms with E-state index in [4.69, 9.17) is 9.84 Å². The van der Waals surface area contributed by atoms with Gasteiger partial charge in [-0.2, -0.15) is 0 Å². The van der Waals surface area contributed by atoms with Crippen LogP contribution in [0.4, 0.5) is 0 Å². The van der Waals surface area contributed by atoms with Crippen molar-refractivity contribution in [3.8, 4) is 0 Å². The minimum Gasteiger partial charge on any atom is -0.478 e. The van der Waals surface area contributed by atoms with Crippen molar-refractivity contribution in [2.24, 2.45) is 0 Å². The summed E-state index contributed by atoms with van der Waals surface area (Å²) in [5.74, 6) is -1.27. The number of benzene rings is 2. The molecule has 0 saturated carbocycles. The predicted octanol–water partition coefficient (Wildman–Crippen LogP) is 4.61. The van der Waals surface area contributed by atoms with Crippen LogP contribution in [-0.4, -0.2) is 23.3 Å². The molecule has 3 rings (SSSR count). The lowest BCUT2D eigenvalue weighted by molar-refractivity contribution is 0.0534. The van der Waals surface area contributed by atoms with E-state index in [1.165, 1.54) is 12.1 Å². The molecular formula is C20H24O5. The lowest BCUT2D eigenvalue weighted by atomic mass is 10.1. The van der Waals surface area contributed by atoms with Crippen LogP contribution in [0.5, 0.6) is 0 Å². The topological polar surface area (TPSA) is 80.7 Å². The molecule has 0 bridgehead atoms. The molecule has 0 unspecified atom stereocenters. The highest BCUT2D eigenvalue weighted by Crippen LogP contribution is 2.18. The summed E-state index contributed by atoms with van der Waals surface area (Å²) >= 11 is 0. The molecule has 0 aromatic heterocycles. The van der Waals surface area contributed by atoms with Crippen molar-refractivity contribution >= 4 is 18.2 Å². The first kappa shape index (κ1) is 22.1. The lowest BCUT2D eigenvalue weighted by Crippen LogP contribution is -2.00. The summed E-state index contributed by atoms with van der Waals surface area (Å²) < 4.78 is 4.78. The summed E-state index contributed by atoms with van der Waals surface area (Å²) in [6, 6.07) is 13.5. The van der Waals surface area contributed by atoms with Gasteiger partial charge in [0.2, 0.25) is 0 Å². The third kappa shape index (κ3) is 6.59. The largest absolute Gasteiger partial charge is 0.478 e. The SMILES string of the molecule is CC.CC.O=C1OCc2ccccc21.O=Cc1ccccc1C(=O)O. The Balaban J connectivity index is 0.000000385. The number of carbonyl (C=O) groups excluding carboxylic acids is 2. The molecule has 0 atom stereocenters. The van der Waals surface area contributed by atoms with E-state index in [-0.39, 0.29) is 17.1 Å². The summed E-state index contributed by atoms with van der Waals surface area (Å²) in [5.41, 5.74) is 1.96. The van der Waals surface area contributed by atoms with Gasteiger partial charge in [-0.25, -0.2) is 9.59 Å². The Hall–Kier alpha value is -2.95. The quantitative estimate of drug-likeness (QED) is 0.636. The van der Waals surface area contributed by atoms with Crippen LogP contribution >= 0.6 is 0 Å². The Morgan fingerprint density at radius 1 is 1.00 bits per heavy atom. The fraction of sp³-hybridized carbons (Fsp3) is 0.250. The van der Waals surface area contributed by atoms with Crippen LogP contribution in [0.15, 0.2) is 48.5 Å². The maximum absolute atomic E-state index is 10.8. The number of carboxylic acid groups (broad SMARTS) is 1. The Morgan fingerprint density at radius 3 is 2.08 bits per heavy atom. The van der Waals surface area contributed by atoms with Crippen LogP contribution in [0.3, 0.4) is 0 Å². The minimum atomic E-state index is -1.08. The summed E-state index contributed by atoms with van der Waals surface area (Å²) in [6.07, 6.45) is 0.531. The van der Waals surface area contributed by atoms with Crippen molar-refractivity contribution in [3.63, 3.8) is 0 Å². The van der Waals surface area contributed by atoms with E-state index in [0.29, 0.717) is 18.5 Å². The van der Waals surface area contributed by atoms with Gasteiger partial charge in [0.25, 0.3) is 0 Å². The van der Waals surface area contributed by atoms with E-state index in [2.05, 4.69) is 0 Å². The number of esters is 1. The number of aromatic carboxylic acids is 1. The Morgan fingerprint density at radius 2 is 1.56 bits per heavy atom. The Labute approximate surface area is 148 Å². The van der Waals surface area contributed by atoms with Gasteiger partial charge in [-0.05, 0) is 12.1 Å². The monoisotopic (exact) mass is 344 g/mol. The molecule has 25 heavy (non-hydrogen) atoms. The van der Waals surface area contributed by atoms with E-state index >= 15 is 0 Å². The van der Waals surface area contributed by atoms with Crippen LogP contribution in [-0.2, 0) is 11.3 Å². The fourth-order valence-electron chi connectivity index (χ4n) is 1.86. The first-order valence-corrected chi connectivity index (χ1v) is 8.16. The number of hydrogen-bond acceptors (Lipinski definition) is 4. The van der Waals surface area contributed by atoms with Gasteiger partial charge in [0.05, 0.1) is 11.1 Å². The number of fused-ring (bicyclic) bond motifs is 1. The normalized spacial score (nSPS) is 10.3. The molecule has 0 amide bonds. The van der Waals surface area contributed by atoms with Crippen molar-refractivity contribution in [2.45, 2.75) is 34.3 Å². The second-order valence-corrected chi connectivity index (χ2v) is 4.24. The van der Waals surface area contributed by atoms with Gasteiger partial charge in [-0.1, -0.05) is 64.1 Å². The highest BCUT2D eigenvalue weighted by Gasteiger charge is 2.18. The van der Waals surface area contributed by atoms with Gasteiger partial charge < -0.3 is 9.84 Å². The minimum absolute atomic E-state index is 0.0440. The van der Waals surface area contributed by atoms with Crippen molar-refractivity contribution in [1.82, 2.24) is 0 Å². The molecular weight excluding hydrogens is 320 g/mol. The Bertz CT molecular complexity index is 692. The first-order valence-electron chi connectivity index (χ1n) is 8.16. The highest BCUT2D eigenvalue weighted by molar-refractivity contribution is 5.97. The average Bonchev–Trinajstić information content (AvgIpc) is 3.07. The summed E-state index contributed by atoms with van der Waals surface area (Å²) in [6.45, 7) is 8.44. The smallest absolute Gasteiger partial charge is 0.338 e. The number of cyclic esters (lactones) is 1. The molecule has 2 aromatic carbocycles. The molecule has 5 heteroatoms. The maximum Gasteiger partial charge on any atom is 0.338 e. The van der Waals surface area contributed by atoms with Crippen molar-refractivity contribution in [3.05, 3.63) is 70.8 Å². The number of aldehydes is 1. The molecule has 0 radical (unpaired) electrons. The molecule has 1 N–H and O–H groups in total. The molecule has 0 spiro atoms. The second kappa shape index (κ2) is 12.5. The van der Waals surface area contributed by atoms with Gasteiger partial charge in [0, 0.05) is 11.1 Å². The van der Waals surface area contributed by atoms with Crippen LogP contribution in [0.25, 0.3) is 0 Å². The standard InChI is InChI=1S/C8H6O3.C8H6O2.2C2H6/c9-5-6-3-1-2-4-7(6)8(10)11;9-8-7-4-2-1-3-6(7)5-10-8;2*1-2/h1-5H,(H,10,11);1-4H,5H2;2*1-2H3. The van der Waals surface area contributed by atoms with Crippen LogP contribution < -0.4 is 0 Å². The summed E-state index contributed by atoms with van der Waals surface area (Å²) in [4.78, 5) is 31.5. The molecule has 134 valence electrons. The van der Waals surface area contributed by atoms with E-state index in [0.717, 1.165) is 5.56 Å². The van der Waals surface area contributed by atoms with Gasteiger partial charge in [-0.15, -0.1) is 0 Å². The van der Waals surface area contributed by atoms with Crippen LogP contribution in [0.1, 0.15) is 64.3 Å². The first-order chi connectivity index (χ1) is 12.1. The number of carbonyl (C=O) groups is 3. The third-order valence-corrected chi connectivity index (χ3v) is 2.91. The Kier molecular flexibility index (Phi) is 11.0. The molecule has 0 aliphatic carbocycles. The third-order valence-electron chi connectivity index (χ3n) is 2.91. The van der Waals surface area contributed by atoms with Crippen molar-refractivity contribution in [2.75, 3.05) is 0 Å². The molecule has 2 aromatic rings.